The highest BCUT2D eigenvalue weighted by molar-refractivity contribution is 5.81. The molecule has 3 N–H and O–H groups in total. The lowest BCUT2D eigenvalue weighted by Gasteiger charge is -2.18. The molecule has 7 heteroatoms. The number of amides is 2. The van der Waals surface area contributed by atoms with Crippen molar-refractivity contribution in [1.29, 1.82) is 0 Å². The fraction of sp³-hybridized carbons (Fsp3) is 0.464. The van der Waals surface area contributed by atoms with Crippen LogP contribution in [0, 0.1) is 17.3 Å². The summed E-state index contributed by atoms with van der Waals surface area (Å²) in [5.74, 6) is -0.428. The lowest BCUT2D eigenvalue weighted by Crippen LogP contribution is -2.35. The van der Waals surface area contributed by atoms with E-state index in [1.165, 1.54) is 22.3 Å². The van der Waals surface area contributed by atoms with E-state index in [2.05, 4.69) is 34.9 Å². The molecule has 3 aliphatic rings. The molecule has 2 saturated carbocycles. The van der Waals surface area contributed by atoms with E-state index in [-0.39, 0.29) is 36.3 Å². The Labute approximate surface area is 205 Å². The van der Waals surface area contributed by atoms with Gasteiger partial charge in [0.05, 0.1) is 5.41 Å². The number of rotatable bonds is 9. The highest BCUT2D eigenvalue weighted by Gasteiger charge is 2.65. The molecule has 0 bridgehead atoms. The first-order chi connectivity index (χ1) is 16.9. The van der Waals surface area contributed by atoms with E-state index in [0.717, 1.165) is 12.8 Å². The normalized spacial score (nSPS) is 24.6. The first kappa shape index (κ1) is 23.4. The van der Waals surface area contributed by atoms with Crippen LogP contribution in [0.2, 0.25) is 0 Å². The minimum Gasteiger partial charge on any atom is -0.481 e. The van der Waals surface area contributed by atoms with E-state index in [1.54, 1.807) is 0 Å². The van der Waals surface area contributed by atoms with Gasteiger partial charge in [0.15, 0.2) is 0 Å². The monoisotopic (exact) mass is 476 g/mol. The van der Waals surface area contributed by atoms with Crippen molar-refractivity contribution in [3.63, 3.8) is 0 Å². The predicted octanol–water partition coefficient (Wildman–Crippen LogP) is 4.31. The zero-order chi connectivity index (χ0) is 24.6. The molecule has 2 fully saturated rings. The van der Waals surface area contributed by atoms with Gasteiger partial charge < -0.3 is 20.5 Å². The van der Waals surface area contributed by atoms with Gasteiger partial charge >= 0.3 is 12.1 Å². The van der Waals surface area contributed by atoms with Crippen LogP contribution in [0.4, 0.5) is 4.79 Å². The fourth-order valence-electron chi connectivity index (χ4n) is 5.95. The quantitative estimate of drug-likeness (QED) is 0.500. The minimum absolute atomic E-state index is 0.0242. The second-order valence-electron chi connectivity index (χ2n) is 10.4. The van der Waals surface area contributed by atoms with Gasteiger partial charge in [0.1, 0.15) is 6.61 Å². The molecule has 7 nitrogen and oxygen atoms in total. The Hall–Kier alpha value is -3.35. The summed E-state index contributed by atoms with van der Waals surface area (Å²) in [4.78, 5) is 36.1. The van der Waals surface area contributed by atoms with Crippen LogP contribution in [0.1, 0.15) is 56.1 Å². The van der Waals surface area contributed by atoms with Gasteiger partial charge in [-0.15, -0.1) is 0 Å². The van der Waals surface area contributed by atoms with E-state index in [1.807, 2.05) is 31.2 Å². The Balaban J connectivity index is 1.02. The Morgan fingerprint density at radius 1 is 1.06 bits per heavy atom. The van der Waals surface area contributed by atoms with Crippen LogP contribution in [0.3, 0.4) is 0 Å². The van der Waals surface area contributed by atoms with Gasteiger partial charge in [0.2, 0.25) is 5.91 Å². The number of carbonyl (C=O) groups is 3. The summed E-state index contributed by atoms with van der Waals surface area (Å²) >= 11 is 0. The number of hydrogen-bond acceptors (Lipinski definition) is 4. The molecule has 0 heterocycles. The molecule has 35 heavy (non-hydrogen) atoms. The Kier molecular flexibility index (Phi) is 6.26. The molecule has 5 rings (SSSR count). The van der Waals surface area contributed by atoms with Gasteiger partial charge in [-0.2, -0.15) is 0 Å². The molecule has 0 radical (unpaired) electrons. The van der Waals surface area contributed by atoms with Crippen molar-refractivity contribution in [1.82, 2.24) is 10.6 Å². The average molecular weight is 477 g/mol. The van der Waals surface area contributed by atoms with Crippen molar-refractivity contribution in [3.05, 3.63) is 59.7 Å². The number of alkyl carbamates (subject to hydrolysis) is 1. The summed E-state index contributed by atoms with van der Waals surface area (Å²) in [5.41, 5.74) is 4.15. The molecule has 2 amide bonds. The predicted molar refractivity (Wildman–Crippen MR) is 131 cm³/mol. The number of ether oxygens (including phenoxy) is 1. The maximum Gasteiger partial charge on any atom is 0.407 e. The summed E-state index contributed by atoms with van der Waals surface area (Å²) in [7, 11) is 0. The standard InChI is InChI=1S/C28H32N2O5/c1-17(10-11-25(31)30-19-12-18-13-28(18,14-19)26(32)33)15-29-27(34)35-16-24-22-8-4-2-6-20(22)21-7-3-5-9-23(21)24/h2-9,17-19,24H,10-16H2,1H3,(H,29,34)(H,30,31)(H,32,33). The molecule has 2 aromatic carbocycles. The molecule has 0 spiro atoms. The molecule has 184 valence electrons. The van der Waals surface area contributed by atoms with Crippen molar-refractivity contribution in [2.24, 2.45) is 17.3 Å². The maximum absolute atomic E-state index is 12.4. The minimum atomic E-state index is -0.729. The van der Waals surface area contributed by atoms with Crippen LogP contribution >= 0.6 is 0 Å². The molecule has 0 aromatic heterocycles. The summed E-state index contributed by atoms with van der Waals surface area (Å²) in [6, 6.07) is 16.4. The molecular formula is C28H32N2O5. The van der Waals surface area contributed by atoms with Crippen LogP contribution in [0.25, 0.3) is 11.1 Å². The maximum atomic E-state index is 12.4. The van der Waals surface area contributed by atoms with Gasteiger partial charge in [-0.1, -0.05) is 55.5 Å². The van der Waals surface area contributed by atoms with Crippen LogP contribution < -0.4 is 10.6 Å². The largest absolute Gasteiger partial charge is 0.481 e. The third-order valence-electron chi connectivity index (χ3n) is 8.01. The Morgan fingerprint density at radius 2 is 1.71 bits per heavy atom. The second-order valence-corrected chi connectivity index (χ2v) is 10.4. The topological polar surface area (TPSA) is 105 Å². The van der Waals surface area contributed by atoms with Gasteiger partial charge in [-0.3, -0.25) is 9.59 Å². The average Bonchev–Trinajstić information content (AvgIpc) is 3.28. The molecule has 0 saturated heterocycles. The van der Waals surface area contributed by atoms with Crippen molar-refractivity contribution in [2.45, 2.75) is 51.0 Å². The summed E-state index contributed by atoms with van der Waals surface area (Å²) < 4.78 is 5.57. The highest BCUT2D eigenvalue weighted by atomic mass is 16.5. The van der Waals surface area contributed by atoms with E-state index in [0.29, 0.717) is 25.8 Å². The van der Waals surface area contributed by atoms with E-state index in [4.69, 9.17) is 4.74 Å². The molecule has 2 aromatic rings. The van der Waals surface area contributed by atoms with Crippen LogP contribution in [-0.4, -0.2) is 42.3 Å². The molecule has 0 aliphatic heterocycles. The zero-order valence-electron chi connectivity index (χ0n) is 20.0. The van der Waals surface area contributed by atoms with Crippen molar-refractivity contribution < 1.29 is 24.2 Å². The SMILES string of the molecule is CC(CCC(=O)NC1CC2CC2(C(=O)O)C1)CNC(=O)OCC1c2ccccc2-c2ccccc21. The molecule has 3 aliphatic carbocycles. The molecule has 4 unspecified atom stereocenters. The first-order valence-corrected chi connectivity index (χ1v) is 12.5. The Bertz CT molecular complexity index is 1100. The fourth-order valence-corrected chi connectivity index (χ4v) is 5.95. The van der Waals surface area contributed by atoms with E-state index >= 15 is 0 Å². The van der Waals surface area contributed by atoms with Gasteiger partial charge in [0, 0.05) is 24.9 Å². The molecular weight excluding hydrogens is 444 g/mol. The smallest absolute Gasteiger partial charge is 0.407 e. The van der Waals surface area contributed by atoms with Gasteiger partial charge in [-0.25, -0.2) is 4.79 Å². The van der Waals surface area contributed by atoms with Crippen LogP contribution in [0.15, 0.2) is 48.5 Å². The van der Waals surface area contributed by atoms with Crippen LogP contribution in [-0.2, 0) is 14.3 Å². The number of hydrogen-bond donors (Lipinski definition) is 3. The number of carboxylic acids is 1. The first-order valence-electron chi connectivity index (χ1n) is 12.5. The summed E-state index contributed by atoms with van der Waals surface area (Å²) in [6.45, 7) is 2.69. The summed E-state index contributed by atoms with van der Waals surface area (Å²) in [5, 5.41) is 15.2. The number of fused-ring (bicyclic) bond motifs is 4. The number of carbonyl (C=O) groups excluding carboxylic acids is 2. The zero-order valence-corrected chi connectivity index (χ0v) is 20.0. The number of aliphatic carboxylic acids is 1. The van der Waals surface area contributed by atoms with Crippen molar-refractivity contribution in [2.75, 3.05) is 13.2 Å². The molecule has 4 atom stereocenters. The van der Waals surface area contributed by atoms with E-state index in [9.17, 15) is 19.5 Å². The number of nitrogens with one attached hydrogen (secondary N) is 2. The third kappa shape index (κ3) is 4.64. The van der Waals surface area contributed by atoms with Gasteiger partial charge in [0.25, 0.3) is 0 Å². The number of benzene rings is 2. The van der Waals surface area contributed by atoms with Crippen LogP contribution in [0.5, 0.6) is 0 Å². The second kappa shape index (κ2) is 9.36. The summed E-state index contributed by atoms with van der Waals surface area (Å²) in [6.07, 6.45) is 2.58. The van der Waals surface area contributed by atoms with E-state index < -0.39 is 17.5 Å². The third-order valence-corrected chi connectivity index (χ3v) is 8.01. The van der Waals surface area contributed by atoms with Gasteiger partial charge in [-0.05, 0) is 59.8 Å². The lowest BCUT2D eigenvalue weighted by molar-refractivity contribution is -0.143. The highest BCUT2D eigenvalue weighted by Crippen LogP contribution is 2.63. The lowest BCUT2D eigenvalue weighted by atomic mass is 9.98. The van der Waals surface area contributed by atoms with Crippen molar-refractivity contribution in [3.8, 4) is 11.1 Å². The van der Waals surface area contributed by atoms with Crippen molar-refractivity contribution >= 4 is 18.0 Å². The number of carboxylic acid groups (broad SMARTS) is 1. The Morgan fingerprint density at radius 3 is 2.34 bits per heavy atom.